The third kappa shape index (κ3) is 4.41. The van der Waals surface area contributed by atoms with E-state index in [1.54, 1.807) is 0 Å². The zero-order valence-corrected chi connectivity index (χ0v) is 12.6. The van der Waals surface area contributed by atoms with Gasteiger partial charge in [0.1, 0.15) is 0 Å². The normalized spacial score (nSPS) is 13.1. The van der Waals surface area contributed by atoms with Gasteiger partial charge in [0.2, 0.25) is 0 Å². The van der Waals surface area contributed by atoms with Gasteiger partial charge in [0.05, 0.1) is 0 Å². The fourth-order valence-electron chi connectivity index (χ4n) is 1.91. The molecule has 0 spiro atoms. The summed E-state index contributed by atoms with van der Waals surface area (Å²) in [5.74, 6) is 0. The standard InChI is InChI=1S/C14H23BrN2/c1-4-5-11(2)17(3)10-13-7-6-12(9-16)8-14(13)15/h6-8,11H,4-5,9-10,16H2,1-3H3. The summed E-state index contributed by atoms with van der Waals surface area (Å²) in [6.45, 7) is 6.09. The predicted molar refractivity (Wildman–Crippen MR) is 77.9 cm³/mol. The van der Waals surface area contributed by atoms with E-state index in [1.165, 1.54) is 24.0 Å². The van der Waals surface area contributed by atoms with Gasteiger partial charge in [-0.2, -0.15) is 0 Å². The van der Waals surface area contributed by atoms with E-state index in [1.807, 2.05) is 0 Å². The quantitative estimate of drug-likeness (QED) is 0.870. The lowest BCUT2D eigenvalue weighted by Gasteiger charge is -2.25. The van der Waals surface area contributed by atoms with Crippen molar-refractivity contribution in [3.05, 3.63) is 33.8 Å². The highest BCUT2D eigenvalue weighted by atomic mass is 79.9. The maximum absolute atomic E-state index is 5.63. The largest absolute Gasteiger partial charge is 0.326 e. The second kappa shape index (κ2) is 7.14. The van der Waals surface area contributed by atoms with Crippen LogP contribution in [-0.4, -0.2) is 18.0 Å². The predicted octanol–water partition coefficient (Wildman–Crippen LogP) is 3.53. The highest BCUT2D eigenvalue weighted by molar-refractivity contribution is 9.10. The summed E-state index contributed by atoms with van der Waals surface area (Å²) in [5, 5.41) is 0. The number of hydrogen-bond donors (Lipinski definition) is 1. The molecule has 2 nitrogen and oxygen atoms in total. The third-order valence-electron chi connectivity index (χ3n) is 3.23. The molecule has 17 heavy (non-hydrogen) atoms. The van der Waals surface area contributed by atoms with E-state index in [4.69, 9.17) is 5.73 Å². The first-order chi connectivity index (χ1) is 8.08. The topological polar surface area (TPSA) is 29.3 Å². The number of hydrogen-bond acceptors (Lipinski definition) is 2. The van der Waals surface area contributed by atoms with Crippen molar-refractivity contribution in [2.24, 2.45) is 5.73 Å². The molecule has 0 saturated carbocycles. The molecule has 1 rings (SSSR count). The molecule has 0 aliphatic rings. The fraction of sp³-hybridized carbons (Fsp3) is 0.571. The van der Waals surface area contributed by atoms with Crippen LogP contribution in [0.25, 0.3) is 0 Å². The maximum Gasteiger partial charge on any atom is 0.0244 e. The van der Waals surface area contributed by atoms with Gasteiger partial charge < -0.3 is 5.73 Å². The van der Waals surface area contributed by atoms with Crippen molar-refractivity contribution >= 4 is 15.9 Å². The van der Waals surface area contributed by atoms with Gasteiger partial charge in [-0.1, -0.05) is 41.4 Å². The second-order valence-electron chi connectivity index (χ2n) is 4.68. The smallest absolute Gasteiger partial charge is 0.0244 e. The van der Waals surface area contributed by atoms with Crippen molar-refractivity contribution in [2.75, 3.05) is 7.05 Å². The van der Waals surface area contributed by atoms with Gasteiger partial charge >= 0.3 is 0 Å². The van der Waals surface area contributed by atoms with Crippen molar-refractivity contribution < 1.29 is 0 Å². The summed E-state index contributed by atoms with van der Waals surface area (Å²) in [5.41, 5.74) is 8.12. The summed E-state index contributed by atoms with van der Waals surface area (Å²) in [7, 11) is 2.18. The van der Waals surface area contributed by atoms with Crippen molar-refractivity contribution in [1.29, 1.82) is 0 Å². The van der Waals surface area contributed by atoms with Crippen molar-refractivity contribution in [2.45, 2.75) is 45.8 Å². The van der Waals surface area contributed by atoms with E-state index in [2.05, 4.69) is 59.9 Å². The van der Waals surface area contributed by atoms with Gasteiger partial charge in [0.25, 0.3) is 0 Å². The highest BCUT2D eigenvalue weighted by Crippen LogP contribution is 2.21. The Morgan fingerprint density at radius 3 is 2.65 bits per heavy atom. The van der Waals surface area contributed by atoms with Crippen molar-refractivity contribution in [3.8, 4) is 0 Å². The van der Waals surface area contributed by atoms with Crippen LogP contribution in [0.4, 0.5) is 0 Å². The van der Waals surface area contributed by atoms with Gasteiger partial charge in [0, 0.05) is 23.6 Å². The minimum atomic E-state index is 0.598. The Labute approximate surface area is 113 Å². The minimum Gasteiger partial charge on any atom is -0.326 e. The van der Waals surface area contributed by atoms with Crippen LogP contribution in [0.1, 0.15) is 37.8 Å². The molecule has 96 valence electrons. The molecule has 0 bridgehead atoms. The molecule has 2 N–H and O–H groups in total. The van der Waals surface area contributed by atoms with E-state index in [9.17, 15) is 0 Å². The Morgan fingerprint density at radius 1 is 1.41 bits per heavy atom. The molecule has 0 aliphatic carbocycles. The molecule has 0 aromatic heterocycles. The molecule has 0 radical (unpaired) electrons. The van der Waals surface area contributed by atoms with Crippen LogP contribution < -0.4 is 5.73 Å². The average Bonchev–Trinajstić information content (AvgIpc) is 2.31. The number of halogens is 1. The molecule has 0 amide bonds. The lowest BCUT2D eigenvalue weighted by Crippen LogP contribution is -2.28. The monoisotopic (exact) mass is 298 g/mol. The molecule has 0 aliphatic heterocycles. The van der Waals surface area contributed by atoms with Crippen molar-refractivity contribution in [1.82, 2.24) is 4.90 Å². The molecule has 0 heterocycles. The Hall–Kier alpha value is -0.380. The third-order valence-corrected chi connectivity index (χ3v) is 3.97. The Morgan fingerprint density at radius 2 is 2.12 bits per heavy atom. The second-order valence-corrected chi connectivity index (χ2v) is 5.54. The molecular formula is C14H23BrN2. The molecule has 1 atom stereocenters. The molecule has 1 aromatic carbocycles. The van der Waals surface area contributed by atoms with Crippen LogP contribution in [-0.2, 0) is 13.1 Å². The van der Waals surface area contributed by atoms with Crippen molar-refractivity contribution in [3.63, 3.8) is 0 Å². The number of nitrogens with two attached hydrogens (primary N) is 1. The van der Waals surface area contributed by atoms with E-state index < -0.39 is 0 Å². The van der Waals surface area contributed by atoms with Crippen LogP contribution in [0.15, 0.2) is 22.7 Å². The molecule has 3 heteroatoms. The molecular weight excluding hydrogens is 276 g/mol. The summed E-state index contributed by atoms with van der Waals surface area (Å²) in [6, 6.07) is 7.02. The molecule has 1 unspecified atom stereocenters. The first kappa shape index (κ1) is 14.7. The lowest BCUT2D eigenvalue weighted by molar-refractivity contribution is 0.236. The van der Waals surface area contributed by atoms with Gasteiger partial charge in [0.15, 0.2) is 0 Å². The van der Waals surface area contributed by atoms with Crippen LogP contribution >= 0.6 is 15.9 Å². The highest BCUT2D eigenvalue weighted by Gasteiger charge is 2.10. The fourth-order valence-corrected chi connectivity index (χ4v) is 2.46. The van der Waals surface area contributed by atoms with Gasteiger partial charge in [-0.15, -0.1) is 0 Å². The lowest BCUT2D eigenvalue weighted by atomic mass is 10.1. The van der Waals surface area contributed by atoms with Gasteiger partial charge in [-0.3, -0.25) is 4.90 Å². The van der Waals surface area contributed by atoms with E-state index in [0.717, 1.165) is 11.0 Å². The SMILES string of the molecule is CCCC(C)N(C)Cc1ccc(CN)cc1Br. The summed E-state index contributed by atoms with van der Waals surface area (Å²) in [6.07, 6.45) is 2.48. The van der Waals surface area contributed by atoms with Crippen LogP contribution in [0.3, 0.4) is 0 Å². The average molecular weight is 299 g/mol. The molecule has 0 fully saturated rings. The van der Waals surface area contributed by atoms with E-state index >= 15 is 0 Å². The van der Waals surface area contributed by atoms with E-state index in [0.29, 0.717) is 12.6 Å². The summed E-state index contributed by atoms with van der Waals surface area (Å²) >= 11 is 3.62. The zero-order valence-electron chi connectivity index (χ0n) is 11.0. The maximum atomic E-state index is 5.63. The van der Waals surface area contributed by atoms with Crippen LogP contribution in [0, 0.1) is 0 Å². The first-order valence-corrected chi connectivity index (χ1v) is 7.05. The number of benzene rings is 1. The number of nitrogens with zero attached hydrogens (tertiary/aromatic N) is 1. The van der Waals surface area contributed by atoms with Crippen LogP contribution in [0.5, 0.6) is 0 Å². The summed E-state index contributed by atoms with van der Waals surface area (Å²) < 4.78 is 1.16. The van der Waals surface area contributed by atoms with Gasteiger partial charge in [-0.05, 0) is 37.6 Å². The summed E-state index contributed by atoms with van der Waals surface area (Å²) in [4.78, 5) is 2.39. The van der Waals surface area contributed by atoms with E-state index in [-0.39, 0.29) is 0 Å². The van der Waals surface area contributed by atoms with Crippen LogP contribution in [0.2, 0.25) is 0 Å². The molecule has 0 saturated heterocycles. The minimum absolute atomic E-state index is 0.598. The zero-order chi connectivity index (χ0) is 12.8. The Balaban J connectivity index is 2.68. The molecule has 1 aromatic rings. The number of rotatable bonds is 6. The Bertz CT molecular complexity index is 352. The first-order valence-electron chi connectivity index (χ1n) is 6.26. The Kier molecular flexibility index (Phi) is 6.17. The van der Waals surface area contributed by atoms with Gasteiger partial charge in [-0.25, -0.2) is 0 Å².